The van der Waals surface area contributed by atoms with Crippen molar-refractivity contribution in [3.8, 4) is 0 Å². The van der Waals surface area contributed by atoms with Gasteiger partial charge >= 0.3 is 5.97 Å². The van der Waals surface area contributed by atoms with Crippen molar-refractivity contribution in [2.24, 2.45) is 5.92 Å². The van der Waals surface area contributed by atoms with Crippen LogP contribution in [0.2, 0.25) is 0 Å². The molecule has 0 aromatic carbocycles. The molecule has 0 bridgehead atoms. The summed E-state index contributed by atoms with van der Waals surface area (Å²) in [4.78, 5) is 11.2. The summed E-state index contributed by atoms with van der Waals surface area (Å²) in [6.07, 6.45) is 1.80. The van der Waals surface area contributed by atoms with E-state index in [0.717, 1.165) is 5.57 Å². The average Bonchev–Trinajstić information content (AvgIpc) is 2.03. The molecule has 3 heteroatoms. The molecule has 0 fully saturated rings. The third-order valence-electron chi connectivity index (χ3n) is 1.87. The van der Waals surface area contributed by atoms with Crippen LogP contribution in [0, 0.1) is 5.92 Å². The minimum absolute atomic E-state index is 0.354. The second-order valence-corrected chi connectivity index (χ2v) is 3.39. The van der Waals surface area contributed by atoms with Gasteiger partial charge in [-0.2, -0.15) is 0 Å². The van der Waals surface area contributed by atoms with Gasteiger partial charge in [-0.3, -0.25) is 4.79 Å². The standard InChI is InChI=1S/C10H18O3/c1-7(2)5-6-9(8(3)11)10(12)13-4/h5,8-9,11H,6H2,1-4H3/t8-,9-/m1/s1. The lowest BCUT2D eigenvalue weighted by Crippen LogP contribution is -2.26. The van der Waals surface area contributed by atoms with Crippen molar-refractivity contribution in [3.05, 3.63) is 11.6 Å². The van der Waals surface area contributed by atoms with Gasteiger partial charge in [0.1, 0.15) is 0 Å². The number of carbonyl (C=O) groups excluding carboxylic acids is 1. The number of hydrogen-bond donors (Lipinski definition) is 1. The van der Waals surface area contributed by atoms with Crippen LogP contribution in [0.1, 0.15) is 27.2 Å². The molecule has 0 rings (SSSR count). The predicted molar refractivity (Wildman–Crippen MR) is 51.2 cm³/mol. The number of aliphatic hydroxyl groups excluding tert-OH is 1. The Morgan fingerprint density at radius 1 is 1.54 bits per heavy atom. The zero-order valence-corrected chi connectivity index (χ0v) is 8.70. The van der Waals surface area contributed by atoms with Crippen LogP contribution in [-0.2, 0) is 9.53 Å². The summed E-state index contributed by atoms with van der Waals surface area (Å²) in [5.41, 5.74) is 1.13. The summed E-state index contributed by atoms with van der Waals surface area (Å²) >= 11 is 0. The normalized spacial score (nSPS) is 14.5. The molecule has 0 aromatic heterocycles. The molecule has 0 aliphatic heterocycles. The largest absolute Gasteiger partial charge is 0.469 e. The van der Waals surface area contributed by atoms with E-state index in [2.05, 4.69) is 4.74 Å². The molecule has 0 aliphatic rings. The van der Waals surface area contributed by atoms with Gasteiger partial charge in [0.05, 0.1) is 19.1 Å². The monoisotopic (exact) mass is 186 g/mol. The number of carbonyl (C=O) groups is 1. The highest BCUT2D eigenvalue weighted by atomic mass is 16.5. The van der Waals surface area contributed by atoms with E-state index >= 15 is 0 Å². The molecule has 0 aromatic rings. The van der Waals surface area contributed by atoms with E-state index in [-0.39, 0.29) is 5.97 Å². The summed E-state index contributed by atoms with van der Waals surface area (Å²) in [5, 5.41) is 9.30. The molecule has 0 spiro atoms. The minimum Gasteiger partial charge on any atom is -0.469 e. The highest BCUT2D eigenvalue weighted by molar-refractivity contribution is 5.73. The lowest BCUT2D eigenvalue weighted by atomic mass is 9.99. The smallest absolute Gasteiger partial charge is 0.311 e. The summed E-state index contributed by atoms with van der Waals surface area (Å²) in [7, 11) is 1.33. The van der Waals surface area contributed by atoms with Crippen molar-refractivity contribution in [2.75, 3.05) is 7.11 Å². The van der Waals surface area contributed by atoms with Gasteiger partial charge in [0, 0.05) is 0 Å². The number of allylic oxidation sites excluding steroid dienone is 2. The third-order valence-corrected chi connectivity index (χ3v) is 1.87. The maximum Gasteiger partial charge on any atom is 0.311 e. The number of aliphatic hydroxyl groups is 1. The number of ether oxygens (including phenoxy) is 1. The predicted octanol–water partition coefficient (Wildman–Crippen LogP) is 1.51. The van der Waals surface area contributed by atoms with Gasteiger partial charge in [0.15, 0.2) is 0 Å². The van der Waals surface area contributed by atoms with Gasteiger partial charge in [-0.05, 0) is 27.2 Å². The zero-order valence-electron chi connectivity index (χ0n) is 8.70. The fourth-order valence-corrected chi connectivity index (χ4v) is 1.00. The SMILES string of the molecule is COC(=O)[C@H](CC=C(C)C)[C@@H](C)O. The van der Waals surface area contributed by atoms with E-state index in [1.165, 1.54) is 7.11 Å². The molecule has 76 valence electrons. The Labute approximate surface area is 79.4 Å². The molecule has 0 aliphatic carbocycles. The van der Waals surface area contributed by atoms with Gasteiger partial charge in [-0.15, -0.1) is 0 Å². The summed E-state index contributed by atoms with van der Waals surface area (Å²) < 4.78 is 4.58. The fourth-order valence-electron chi connectivity index (χ4n) is 1.00. The van der Waals surface area contributed by atoms with Crippen molar-refractivity contribution >= 4 is 5.97 Å². The molecule has 0 saturated carbocycles. The Morgan fingerprint density at radius 3 is 2.38 bits per heavy atom. The molecule has 0 amide bonds. The Balaban J connectivity index is 4.27. The molecular weight excluding hydrogens is 168 g/mol. The summed E-state index contributed by atoms with van der Waals surface area (Å²) in [6, 6.07) is 0. The molecule has 0 saturated heterocycles. The van der Waals surface area contributed by atoms with E-state index in [1.54, 1.807) is 6.92 Å². The van der Waals surface area contributed by atoms with Crippen LogP contribution in [0.5, 0.6) is 0 Å². The van der Waals surface area contributed by atoms with Gasteiger partial charge in [0.2, 0.25) is 0 Å². The molecule has 1 N–H and O–H groups in total. The van der Waals surface area contributed by atoms with E-state index in [4.69, 9.17) is 0 Å². The van der Waals surface area contributed by atoms with Gasteiger partial charge in [-0.1, -0.05) is 11.6 Å². The topological polar surface area (TPSA) is 46.5 Å². The minimum atomic E-state index is -0.664. The zero-order chi connectivity index (χ0) is 10.4. The number of rotatable bonds is 4. The Kier molecular flexibility index (Phi) is 5.39. The van der Waals surface area contributed by atoms with Crippen molar-refractivity contribution in [2.45, 2.75) is 33.3 Å². The first-order valence-corrected chi connectivity index (χ1v) is 4.38. The van der Waals surface area contributed by atoms with Crippen molar-refractivity contribution in [1.82, 2.24) is 0 Å². The van der Waals surface area contributed by atoms with E-state index in [9.17, 15) is 9.90 Å². The van der Waals surface area contributed by atoms with E-state index in [1.807, 2.05) is 19.9 Å². The summed E-state index contributed by atoms with van der Waals surface area (Å²) in [6.45, 7) is 5.51. The van der Waals surface area contributed by atoms with Crippen LogP contribution in [0.4, 0.5) is 0 Å². The van der Waals surface area contributed by atoms with Crippen LogP contribution < -0.4 is 0 Å². The molecule has 13 heavy (non-hydrogen) atoms. The molecule has 3 nitrogen and oxygen atoms in total. The van der Waals surface area contributed by atoms with Crippen molar-refractivity contribution in [1.29, 1.82) is 0 Å². The van der Waals surface area contributed by atoms with Crippen LogP contribution in [-0.4, -0.2) is 24.3 Å². The Hall–Kier alpha value is -0.830. The number of methoxy groups -OCH3 is 1. The highest BCUT2D eigenvalue weighted by Gasteiger charge is 2.22. The molecule has 2 atom stereocenters. The number of esters is 1. The first-order chi connectivity index (χ1) is 5.99. The fraction of sp³-hybridized carbons (Fsp3) is 0.700. The van der Waals surface area contributed by atoms with Crippen molar-refractivity contribution in [3.63, 3.8) is 0 Å². The van der Waals surface area contributed by atoms with Gasteiger partial charge in [0.25, 0.3) is 0 Å². The quantitative estimate of drug-likeness (QED) is 0.534. The molecule has 0 radical (unpaired) electrons. The van der Waals surface area contributed by atoms with Gasteiger partial charge in [-0.25, -0.2) is 0 Å². The lowest BCUT2D eigenvalue weighted by Gasteiger charge is -2.15. The first kappa shape index (κ1) is 12.2. The van der Waals surface area contributed by atoms with Gasteiger partial charge < -0.3 is 9.84 Å². The highest BCUT2D eigenvalue weighted by Crippen LogP contribution is 2.12. The van der Waals surface area contributed by atoms with Crippen molar-refractivity contribution < 1.29 is 14.6 Å². The Bertz CT molecular complexity index is 190. The number of hydrogen-bond acceptors (Lipinski definition) is 3. The van der Waals surface area contributed by atoms with Crippen LogP contribution in [0.15, 0.2) is 11.6 Å². The van der Waals surface area contributed by atoms with E-state index < -0.39 is 12.0 Å². The Morgan fingerprint density at radius 2 is 2.08 bits per heavy atom. The van der Waals surface area contributed by atoms with Crippen LogP contribution in [0.3, 0.4) is 0 Å². The average molecular weight is 186 g/mol. The molecule has 0 heterocycles. The maximum atomic E-state index is 11.2. The van der Waals surface area contributed by atoms with Crippen LogP contribution >= 0.6 is 0 Å². The van der Waals surface area contributed by atoms with E-state index in [0.29, 0.717) is 6.42 Å². The first-order valence-electron chi connectivity index (χ1n) is 4.38. The molecular formula is C10H18O3. The second-order valence-electron chi connectivity index (χ2n) is 3.39. The lowest BCUT2D eigenvalue weighted by molar-refractivity contribution is -0.148. The molecule has 0 unspecified atom stereocenters. The van der Waals surface area contributed by atoms with Crippen LogP contribution in [0.25, 0.3) is 0 Å². The second kappa shape index (κ2) is 5.75. The summed E-state index contributed by atoms with van der Waals surface area (Å²) in [5.74, 6) is -0.799. The maximum absolute atomic E-state index is 11.2. The third kappa shape index (κ3) is 4.68.